The van der Waals surface area contributed by atoms with E-state index < -0.39 is 6.03 Å². The minimum absolute atomic E-state index is 0.0368. The third-order valence-electron chi connectivity index (χ3n) is 1.58. The van der Waals surface area contributed by atoms with E-state index in [0.717, 1.165) is 5.76 Å². The number of hydroxylamine groups is 2. The SMILES string of the molecule is Cc1ccc(C=CCN(O)C(N)=O)o1. The first-order chi connectivity index (χ1) is 6.59. The highest BCUT2D eigenvalue weighted by Crippen LogP contribution is 2.07. The predicted molar refractivity (Wildman–Crippen MR) is 50.6 cm³/mol. The van der Waals surface area contributed by atoms with Gasteiger partial charge >= 0.3 is 6.03 Å². The maximum absolute atomic E-state index is 10.4. The molecule has 0 spiro atoms. The molecule has 5 heteroatoms. The highest BCUT2D eigenvalue weighted by molar-refractivity contribution is 5.70. The molecular formula is C9H12N2O3. The highest BCUT2D eigenvalue weighted by Gasteiger charge is 2.01. The molecule has 0 aromatic carbocycles. The van der Waals surface area contributed by atoms with Crippen LogP contribution in [0.1, 0.15) is 11.5 Å². The second-order valence-electron chi connectivity index (χ2n) is 2.77. The molecule has 76 valence electrons. The maximum Gasteiger partial charge on any atom is 0.338 e. The summed E-state index contributed by atoms with van der Waals surface area (Å²) in [5, 5.41) is 9.30. The molecular weight excluding hydrogens is 184 g/mol. The summed E-state index contributed by atoms with van der Waals surface area (Å²) in [5.41, 5.74) is 4.80. The van der Waals surface area contributed by atoms with Gasteiger partial charge < -0.3 is 10.2 Å². The zero-order valence-electron chi connectivity index (χ0n) is 7.80. The van der Waals surface area contributed by atoms with Crippen LogP contribution in [-0.2, 0) is 0 Å². The average molecular weight is 196 g/mol. The molecule has 0 aliphatic heterocycles. The van der Waals surface area contributed by atoms with E-state index in [-0.39, 0.29) is 6.54 Å². The number of nitrogens with two attached hydrogens (primary N) is 1. The largest absolute Gasteiger partial charge is 0.462 e. The number of hydrogen-bond donors (Lipinski definition) is 2. The van der Waals surface area contributed by atoms with Gasteiger partial charge in [0.25, 0.3) is 0 Å². The lowest BCUT2D eigenvalue weighted by molar-refractivity contribution is -0.0286. The van der Waals surface area contributed by atoms with Crippen LogP contribution in [0.3, 0.4) is 0 Å². The Morgan fingerprint density at radius 3 is 2.93 bits per heavy atom. The van der Waals surface area contributed by atoms with Crippen molar-refractivity contribution in [2.75, 3.05) is 6.54 Å². The molecule has 1 aromatic heterocycles. The molecule has 0 radical (unpaired) electrons. The quantitative estimate of drug-likeness (QED) is 0.566. The van der Waals surface area contributed by atoms with Crippen LogP contribution in [0.4, 0.5) is 4.79 Å². The minimum Gasteiger partial charge on any atom is -0.462 e. The molecule has 1 aromatic rings. The van der Waals surface area contributed by atoms with Crippen LogP contribution >= 0.6 is 0 Å². The Morgan fingerprint density at radius 2 is 2.43 bits per heavy atom. The van der Waals surface area contributed by atoms with Crippen LogP contribution in [0.5, 0.6) is 0 Å². The monoisotopic (exact) mass is 196 g/mol. The molecule has 0 atom stereocenters. The number of nitrogens with zero attached hydrogens (tertiary/aromatic N) is 1. The van der Waals surface area contributed by atoms with Crippen molar-refractivity contribution in [2.45, 2.75) is 6.92 Å². The van der Waals surface area contributed by atoms with Crippen LogP contribution in [-0.4, -0.2) is 22.8 Å². The molecule has 14 heavy (non-hydrogen) atoms. The Bertz CT molecular complexity index is 344. The molecule has 0 fully saturated rings. The van der Waals surface area contributed by atoms with E-state index in [1.165, 1.54) is 0 Å². The Hall–Kier alpha value is -1.75. The number of carbonyl (C=O) groups excluding carboxylic acids is 1. The molecule has 0 aliphatic carbocycles. The van der Waals surface area contributed by atoms with Gasteiger partial charge in [0.2, 0.25) is 0 Å². The predicted octanol–water partition coefficient (Wildman–Crippen LogP) is 1.37. The molecule has 1 heterocycles. The van der Waals surface area contributed by atoms with Crippen molar-refractivity contribution in [3.8, 4) is 0 Å². The number of carbonyl (C=O) groups is 1. The lowest BCUT2D eigenvalue weighted by Crippen LogP contribution is -2.32. The number of primary amides is 1. The van der Waals surface area contributed by atoms with Gasteiger partial charge in [0.05, 0.1) is 6.54 Å². The van der Waals surface area contributed by atoms with Crippen molar-refractivity contribution in [3.05, 3.63) is 29.7 Å². The number of rotatable bonds is 3. The van der Waals surface area contributed by atoms with Crippen LogP contribution < -0.4 is 5.73 Å². The average Bonchev–Trinajstić information content (AvgIpc) is 2.51. The Kier molecular flexibility index (Phi) is 3.30. The minimum atomic E-state index is -0.884. The molecule has 3 N–H and O–H groups in total. The molecule has 0 aliphatic rings. The van der Waals surface area contributed by atoms with Crippen molar-refractivity contribution >= 4 is 12.1 Å². The zero-order valence-corrected chi connectivity index (χ0v) is 7.80. The summed E-state index contributed by atoms with van der Waals surface area (Å²) in [6.45, 7) is 1.87. The Labute approximate surface area is 81.4 Å². The van der Waals surface area contributed by atoms with Gasteiger partial charge in [0.15, 0.2) is 0 Å². The van der Waals surface area contributed by atoms with Crippen LogP contribution in [0.15, 0.2) is 22.6 Å². The van der Waals surface area contributed by atoms with Gasteiger partial charge in [-0.25, -0.2) is 9.86 Å². The Balaban J connectivity index is 2.45. The number of amides is 2. The normalized spacial score (nSPS) is 10.7. The summed E-state index contributed by atoms with van der Waals surface area (Å²) >= 11 is 0. The molecule has 0 bridgehead atoms. The fourth-order valence-corrected chi connectivity index (χ4v) is 0.902. The first kappa shape index (κ1) is 10.3. The first-order valence-electron chi connectivity index (χ1n) is 4.08. The van der Waals surface area contributed by atoms with E-state index in [4.69, 9.17) is 15.4 Å². The van der Waals surface area contributed by atoms with Crippen molar-refractivity contribution in [3.63, 3.8) is 0 Å². The third kappa shape index (κ3) is 2.95. The van der Waals surface area contributed by atoms with Gasteiger partial charge in [-0.1, -0.05) is 6.08 Å². The first-order valence-corrected chi connectivity index (χ1v) is 4.08. The standard InChI is InChI=1S/C9H12N2O3/c1-7-4-5-8(14-7)3-2-6-11(13)9(10)12/h2-5,13H,6H2,1H3,(H2,10,12). The van der Waals surface area contributed by atoms with E-state index in [2.05, 4.69) is 0 Å². The maximum atomic E-state index is 10.4. The van der Waals surface area contributed by atoms with Crippen LogP contribution in [0, 0.1) is 6.92 Å². The lowest BCUT2D eigenvalue weighted by Gasteiger charge is -2.07. The summed E-state index contributed by atoms with van der Waals surface area (Å²) in [5.74, 6) is 1.47. The lowest BCUT2D eigenvalue weighted by atomic mass is 10.4. The van der Waals surface area contributed by atoms with E-state index >= 15 is 0 Å². The van der Waals surface area contributed by atoms with Crippen LogP contribution in [0.25, 0.3) is 6.08 Å². The summed E-state index contributed by atoms with van der Waals surface area (Å²) in [6.07, 6.45) is 3.22. The van der Waals surface area contributed by atoms with Crippen LogP contribution in [0.2, 0.25) is 0 Å². The molecule has 2 amide bonds. The smallest absolute Gasteiger partial charge is 0.338 e. The second kappa shape index (κ2) is 4.48. The molecule has 1 rings (SSSR count). The van der Waals surface area contributed by atoms with Crippen molar-refractivity contribution < 1.29 is 14.4 Å². The summed E-state index contributed by atoms with van der Waals surface area (Å²) in [4.78, 5) is 10.4. The fourth-order valence-electron chi connectivity index (χ4n) is 0.902. The van der Waals surface area contributed by atoms with Gasteiger partial charge in [-0.3, -0.25) is 5.21 Å². The third-order valence-corrected chi connectivity index (χ3v) is 1.58. The summed E-state index contributed by atoms with van der Waals surface area (Å²) < 4.78 is 5.22. The number of urea groups is 1. The number of hydrogen-bond acceptors (Lipinski definition) is 3. The fraction of sp³-hybridized carbons (Fsp3) is 0.222. The topological polar surface area (TPSA) is 79.7 Å². The van der Waals surface area contributed by atoms with Crippen molar-refractivity contribution in [1.29, 1.82) is 0 Å². The van der Waals surface area contributed by atoms with Crippen molar-refractivity contribution in [2.24, 2.45) is 5.73 Å². The molecule has 0 saturated heterocycles. The summed E-state index contributed by atoms with van der Waals surface area (Å²) in [7, 11) is 0. The van der Waals surface area contributed by atoms with E-state index in [0.29, 0.717) is 10.8 Å². The van der Waals surface area contributed by atoms with E-state index in [9.17, 15) is 4.79 Å². The molecule has 5 nitrogen and oxygen atoms in total. The Morgan fingerprint density at radius 1 is 1.71 bits per heavy atom. The van der Waals surface area contributed by atoms with Crippen molar-refractivity contribution in [1.82, 2.24) is 5.06 Å². The van der Waals surface area contributed by atoms with Gasteiger partial charge in [0, 0.05) is 0 Å². The van der Waals surface area contributed by atoms with E-state index in [1.807, 2.05) is 13.0 Å². The summed E-state index contributed by atoms with van der Waals surface area (Å²) in [6, 6.07) is 2.73. The zero-order chi connectivity index (χ0) is 10.6. The molecule has 0 saturated carbocycles. The van der Waals surface area contributed by atoms with Gasteiger partial charge in [-0.15, -0.1) is 0 Å². The van der Waals surface area contributed by atoms with Gasteiger partial charge in [-0.2, -0.15) is 0 Å². The van der Waals surface area contributed by atoms with E-state index in [1.54, 1.807) is 18.2 Å². The molecule has 0 unspecified atom stereocenters. The van der Waals surface area contributed by atoms with Gasteiger partial charge in [0.1, 0.15) is 11.5 Å². The number of furan rings is 1. The van der Waals surface area contributed by atoms with Gasteiger partial charge in [-0.05, 0) is 25.1 Å². The highest BCUT2D eigenvalue weighted by atomic mass is 16.5. The number of aryl methyl sites for hydroxylation is 1. The second-order valence-corrected chi connectivity index (χ2v) is 2.77.